The number of rotatable bonds is 4. The van der Waals surface area contributed by atoms with Crippen molar-refractivity contribution in [3.05, 3.63) is 34.9 Å². The first-order valence-corrected chi connectivity index (χ1v) is 6.80. The maximum absolute atomic E-state index is 12.1. The second-order valence-electron chi connectivity index (χ2n) is 4.63. The number of nitrogens with zero attached hydrogens (tertiary/aromatic N) is 1. The molecule has 0 aliphatic carbocycles. The second kappa shape index (κ2) is 6.37. The summed E-state index contributed by atoms with van der Waals surface area (Å²) < 4.78 is 5.34. The Balaban J connectivity index is 2.29. The Kier molecular flexibility index (Phi) is 4.80. The van der Waals surface area contributed by atoms with E-state index in [2.05, 4.69) is 0 Å². The van der Waals surface area contributed by atoms with Gasteiger partial charge in [-0.15, -0.1) is 0 Å². The molecule has 1 aromatic rings. The number of benzene rings is 1. The fourth-order valence-corrected chi connectivity index (χ4v) is 2.53. The van der Waals surface area contributed by atoms with E-state index in [1.54, 1.807) is 17.0 Å². The zero-order valence-corrected chi connectivity index (χ0v) is 11.6. The van der Waals surface area contributed by atoms with Gasteiger partial charge in [0.2, 0.25) is 5.91 Å². The molecule has 2 unspecified atom stereocenters. The molecule has 1 N–H and O–H groups in total. The number of hydrogen-bond donors (Lipinski definition) is 1. The van der Waals surface area contributed by atoms with Gasteiger partial charge >= 0.3 is 0 Å². The number of aliphatic hydroxyl groups is 1. The van der Waals surface area contributed by atoms with Crippen molar-refractivity contribution in [1.82, 2.24) is 4.90 Å². The summed E-state index contributed by atoms with van der Waals surface area (Å²) in [4.78, 5) is 13.8. The maximum atomic E-state index is 12.1. The molecule has 1 aliphatic heterocycles. The van der Waals surface area contributed by atoms with Gasteiger partial charge < -0.3 is 14.7 Å². The number of aliphatic hydroxyl groups excluding tert-OH is 1. The fraction of sp³-hybridized carbons (Fsp3) is 0.500. The predicted molar refractivity (Wildman–Crippen MR) is 73.0 cm³/mol. The summed E-state index contributed by atoms with van der Waals surface area (Å²) in [6, 6.07) is 7.06. The third-order valence-corrected chi connectivity index (χ3v) is 3.71. The van der Waals surface area contributed by atoms with E-state index in [0.717, 1.165) is 5.56 Å². The molecular weight excluding hydrogens is 266 g/mol. The highest BCUT2D eigenvalue weighted by Crippen LogP contribution is 2.28. The van der Waals surface area contributed by atoms with Crippen molar-refractivity contribution in [1.29, 1.82) is 0 Å². The fourth-order valence-electron chi connectivity index (χ4n) is 2.40. The smallest absolute Gasteiger partial charge is 0.249 e. The number of carbonyl (C=O) groups is 1. The van der Waals surface area contributed by atoms with Crippen molar-refractivity contribution in [2.24, 2.45) is 0 Å². The van der Waals surface area contributed by atoms with E-state index < -0.39 is 0 Å². The molecule has 1 saturated heterocycles. The van der Waals surface area contributed by atoms with Crippen LogP contribution in [0.3, 0.4) is 0 Å². The summed E-state index contributed by atoms with van der Waals surface area (Å²) in [7, 11) is 0. The van der Waals surface area contributed by atoms with E-state index in [9.17, 15) is 9.90 Å². The Morgan fingerprint density at radius 2 is 2.16 bits per heavy atom. The van der Waals surface area contributed by atoms with E-state index in [1.165, 1.54) is 0 Å². The van der Waals surface area contributed by atoms with E-state index in [0.29, 0.717) is 18.1 Å². The van der Waals surface area contributed by atoms with Crippen molar-refractivity contribution in [3.63, 3.8) is 0 Å². The van der Waals surface area contributed by atoms with Crippen LogP contribution in [0, 0.1) is 0 Å². The molecule has 1 fully saturated rings. The Bertz CT molecular complexity index is 431. The molecule has 0 aromatic heterocycles. The lowest BCUT2D eigenvalue weighted by Gasteiger charge is -2.40. The highest BCUT2D eigenvalue weighted by Gasteiger charge is 2.34. The Morgan fingerprint density at radius 3 is 2.74 bits per heavy atom. The molecule has 1 amide bonds. The first-order chi connectivity index (χ1) is 9.17. The van der Waals surface area contributed by atoms with Crippen LogP contribution in [0.15, 0.2) is 24.3 Å². The summed E-state index contributed by atoms with van der Waals surface area (Å²) in [6.07, 6.45) is 0.715. The van der Waals surface area contributed by atoms with Gasteiger partial charge in [0.15, 0.2) is 0 Å². The first-order valence-electron chi connectivity index (χ1n) is 6.42. The van der Waals surface area contributed by atoms with Crippen LogP contribution in [0.2, 0.25) is 5.02 Å². The number of amides is 1. The monoisotopic (exact) mass is 283 g/mol. The van der Waals surface area contributed by atoms with E-state index in [4.69, 9.17) is 16.3 Å². The number of halogens is 1. The predicted octanol–water partition coefficient (Wildman–Crippen LogP) is 2.01. The van der Waals surface area contributed by atoms with E-state index >= 15 is 0 Å². The van der Waals surface area contributed by atoms with Crippen LogP contribution in [0.4, 0.5) is 0 Å². The van der Waals surface area contributed by atoms with Gasteiger partial charge in [-0.1, -0.05) is 30.7 Å². The van der Waals surface area contributed by atoms with Gasteiger partial charge in [0.05, 0.1) is 25.3 Å². The Morgan fingerprint density at radius 1 is 1.47 bits per heavy atom. The third-order valence-electron chi connectivity index (χ3n) is 3.46. The second-order valence-corrected chi connectivity index (χ2v) is 5.06. The van der Waals surface area contributed by atoms with Crippen LogP contribution < -0.4 is 0 Å². The summed E-state index contributed by atoms with van der Waals surface area (Å²) in [5, 5.41) is 10.1. The molecule has 2 atom stereocenters. The normalized spacial score (nSPS) is 21.5. The van der Waals surface area contributed by atoms with Crippen LogP contribution >= 0.6 is 11.6 Å². The Hall–Kier alpha value is -1.10. The van der Waals surface area contributed by atoms with Gasteiger partial charge in [-0.05, 0) is 24.1 Å². The summed E-state index contributed by atoms with van der Waals surface area (Å²) in [5.41, 5.74) is 0.976. The average molecular weight is 284 g/mol. The van der Waals surface area contributed by atoms with Crippen LogP contribution in [0.1, 0.15) is 24.9 Å². The van der Waals surface area contributed by atoms with E-state index in [-0.39, 0.29) is 31.2 Å². The largest absolute Gasteiger partial charge is 0.394 e. The van der Waals surface area contributed by atoms with Crippen LogP contribution in [-0.4, -0.2) is 41.8 Å². The van der Waals surface area contributed by atoms with Crippen LogP contribution in [0.25, 0.3) is 0 Å². The molecule has 104 valence electrons. The molecule has 4 nitrogen and oxygen atoms in total. The number of morpholine rings is 1. The molecular formula is C14H18ClNO3. The minimum Gasteiger partial charge on any atom is -0.394 e. The van der Waals surface area contributed by atoms with Gasteiger partial charge in [0.1, 0.15) is 6.61 Å². The van der Waals surface area contributed by atoms with Gasteiger partial charge in [-0.2, -0.15) is 0 Å². The molecule has 0 saturated carbocycles. The van der Waals surface area contributed by atoms with Crippen LogP contribution in [0.5, 0.6) is 0 Å². The molecule has 1 aromatic carbocycles. The molecule has 19 heavy (non-hydrogen) atoms. The maximum Gasteiger partial charge on any atom is 0.249 e. The molecule has 1 aliphatic rings. The van der Waals surface area contributed by atoms with Crippen LogP contribution in [-0.2, 0) is 9.53 Å². The molecule has 5 heteroatoms. The summed E-state index contributed by atoms with van der Waals surface area (Å²) in [6.45, 7) is 2.46. The standard InChI is InChI=1S/C14H18ClNO3/c1-2-12(7-17)16-13(8-19-9-14(16)18)10-3-5-11(15)6-4-10/h3-6,12-13,17H,2,7-9H2,1H3. The van der Waals surface area contributed by atoms with Crippen molar-refractivity contribution in [2.45, 2.75) is 25.4 Å². The quantitative estimate of drug-likeness (QED) is 0.920. The summed E-state index contributed by atoms with van der Waals surface area (Å²) in [5.74, 6) is -0.0768. The third kappa shape index (κ3) is 3.08. The van der Waals surface area contributed by atoms with Crippen molar-refractivity contribution in [2.75, 3.05) is 19.8 Å². The molecule has 1 heterocycles. The number of ether oxygens (including phenoxy) is 1. The number of hydrogen-bond acceptors (Lipinski definition) is 3. The molecule has 0 radical (unpaired) electrons. The van der Waals surface area contributed by atoms with Gasteiger partial charge in [-0.25, -0.2) is 0 Å². The first kappa shape index (κ1) is 14.3. The molecule has 2 rings (SSSR count). The summed E-state index contributed by atoms with van der Waals surface area (Å²) >= 11 is 5.88. The number of carbonyl (C=O) groups excluding carboxylic acids is 1. The minimum absolute atomic E-state index is 0.0354. The zero-order valence-electron chi connectivity index (χ0n) is 10.9. The van der Waals surface area contributed by atoms with Gasteiger partial charge in [0.25, 0.3) is 0 Å². The minimum atomic E-state index is -0.169. The van der Waals surface area contributed by atoms with Crippen molar-refractivity contribution in [3.8, 4) is 0 Å². The van der Waals surface area contributed by atoms with Gasteiger partial charge in [0, 0.05) is 5.02 Å². The highest BCUT2D eigenvalue weighted by molar-refractivity contribution is 6.30. The van der Waals surface area contributed by atoms with Crippen molar-refractivity contribution >= 4 is 17.5 Å². The lowest BCUT2D eigenvalue weighted by molar-refractivity contribution is -0.153. The highest BCUT2D eigenvalue weighted by atomic mass is 35.5. The van der Waals surface area contributed by atoms with Crippen molar-refractivity contribution < 1.29 is 14.6 Å². The topological polar surface area (TPSA) is 49.8 Å². The SMILES string of the molecule is CCC(CO)N1C(=O)COCC1c1ccc(Cl)cc1. The molecule has 0 bridgehead atoms. The molecule has 0 spiro atoms. The lowest BCUT2D eigenvalue weighted by Crippen LogP contribution is -2.50. The zero-order chi connectivity index (χ0) is 13.8. The Labute approximate surface area is 117 Å². The average Bonchev–Trinajstić information content (AvgIpc) is 2.43. The van der Waals surface area contributed by atoms with Gasteiger partial charge in [-0.3, -0.25) is 4.79 Å². The van der Waals surface area contributed by atoms with E-state index in [1.807, 2.05) is 19.1 Å². The lowest BCUT2D eigenvalue weighted by atomic mass is 10.0.